The molecule has 1 heterocycles. The van der Waals surface area contributed by atoms with E-state index in [0.29, 0.717) is 22.1 Å². The normalized spacial score (nSPS) is 17.3. The average molecular weight is 618 g/mol. The lowest BCUT2D eigenvalue weighted by molar-refractivity contribution is -0.138. The Morgan fingerprint density at radius 1 is 0.909 bits per heavy atom. The summed E-state index contributed by atoms with van der Waals surface area (Å²) in [4.78, 5) is 12.0. The number of furan rings is 1. The maximum Gasteiger partial charge on any atom is 0.416 e. The third kappa shape index (κ3) is 5.20. The van der Waals surface area contributed by atoms with Crippen LogP contribution in [-0.2, 0) is 32.3 Å². The van der Waals surface area contributed by atoms with Crippen molar-refractivity contribution >= 4 is 43.5 Å². The number of carboxylic acid groups (broad SMARTS) is 1. The Hall–Kier alpha value is -4.67. The maximum atomic E-state index is 14.9. The van der Waals surface area contributed by atoms with E-state index < -0.39 is 45.6 Å². The lowest BCUT2D eigenvalue weighted by Gasteiger charge is -2.37. The van der Waals surface area contributed by atoms with Crippen LogP contribution in [0.3, 0.4) is 0 Å². The van der Waals surface area contributed by atoms with E-state index in [1.165, 1.54) is 18.2 Å². The summed E-state index contributed by atoms with van der Waals surface area (Å²) in [6.45, 7) is -1.54. The van der Waals surface area contributed by atoms with Crippen molar-refractivity contribution in [2.75, 3.05) is 6.54 Å². The molecule has 44 heavy (non-hydrogen) atoms. The van der Waals surface area contributed by atoms with Crippen LogP contribution in [0.25, 0.3) is 27.5 Å². The molecule has 0 fully saturated rings. The van der Waals surface area contributed by atoms with Crippen LogP contribution in [-0.4, -0.2) is 30.3 Å². The van der Waals surface area contributed by atoms with Crippen molar-refractivity contribution < 1.29 is 35.9 Å². The molecule has 4 aromatic carbocycles. The Bertz CT molecular complexity index is 2050. The molecule has 1 aliphatic rings. The molecule has 0 saturated carbocycles. The minimum Gasteiger partial charge on any atom is -0.480 e. The van der Waals surface area contributed by atoms with Crippen LogP contribution in [0.1, 0.15) is 28.7 Å². The van der Waals surface area contributed by atoms with Gasteiger partial charge in [-0.05, 0) is 35.3 Å². The molecule has 1 atom stereocenters. The molecule has 1 aliphatic carbocycles. The van der Waals surface area contributed by atoms with E-state index in [2.05, 4.69) is 0 Å². The van der Waals surface area contributed by atoms with E-state index in [1.54, 1.807) is 36.4 Å². The summed E-state index contributed by atoms with van der Waals surface area (Å²) in [6.07, 6.45) is 0.257. The van der Waals surface area contributed by atoms with Gasteiger partial charge in [0, 0.05) is 22.9 Å². The zero-order valence-electron chi connectivity index (χ0n) is 23.2. The lowest BCUT2D eigenvalue weighted by atomic mass is 9.86. The number of halogens is 3. The highest BCUT2D eigenvalue weighted by Gasteiger charge is 2.49. The number of benzene rings is 4. The van der Waals surface area contributed by atoms with Crippen LogP contribution in [0.4, 0.5) is 13.2 Å². The van der Waals surface area contributed by atoms with Crippen LogP contribution in [0.5, 0.6) is 0 Å². The second kappa shape index (κ2) is 11.1. The molecule has 0 spiro atoms. The van der Waals surface area contributed by atoms with Gasteiger partial charge in [-0.25, -0.2) is 8.42 Å². The molecule has 6 nitrogen and oxygen atoms in total. The Morgan fingerprint density at radius 2 is 1.61 bits per heavy atom. The third-order valence-corrected chi connectivity index (χ3v) is 10.2. The van der Waals surface area contributed by atoms with Crippen molar-refractivity contribution in [3.05, 3.63) is 138 Å². The summed E-state index contributed by atoms with van der Waals surface area (Å²) >= 11 is 0. The minimum atomic E-state index is -4.66. The topological polar surface area (TPSA) is 87.8 Å². The van der Waals surface area contributed by atoms with Crippen LogP contribution < -0.4 is 0 Å². The molecule has 224 valence electrons. The number of carbonyl (C=O) groups is 1. The van der Waals surface area contributed by atoms with E-state index >= 15 is 0 Å². The Morgan fingerprint density at radius 3 is 2.32 bits per heavy atom. The van der Waals surface area contributed by atoms with Gasteiger partial charge in [-0.15, -0.1) is 0 Å². The molecule has 0 bridgehead atoms. The number of nitrogens with zero attached hydrogens (tertiary/aromatic N) is 1. The number of rotatable bonds is 8. The third-order valence-electron chi connectivity index (χ3n) is 7.85. The predicted octanol–water partition coefficient (Wildman–Crippen LogP) is 7.76. The average Bonchev–Trinajstić information content (AvgIpc) is 3.40. The van der Waals surface area contributed by atoms with Gasteiger partial charge in [0.25, 0.3) is 0 Å². The van der Waals surface area contributed by atoms with Gasteiger partial charge in [0.1, 0.15) is 22.5 Å². The standard InChI is InChI=1S/C34H26F3NO5S/c35-34(36,37)26-11-6-8-23(20-26)21-38(22-31(39)40)44(41,42)33(18-16-25(17-19-33)24-9-2-1-3-10-24)29-14-7-13-28-27-12-4-5-15-30(27)43-32(28)29/h1-18,20H,19,21-22H2,(H,39,40). The maximum absolute atomic E-state index is 14.9. The molecule has 6 rings (SSSR count). The summed E-state index contributed by atoms with van der Waals surface area (Å²) in [5.74, 6) is -1.45. The van der Waals surface area contributed by atoms with Crippen LogP contribution >= 0.6 is 0 Å². The van der Waals surface area contributed by atoms with Gasteiger partial charge in [-0.1, -0.05) is 103 Å². The highest BCUT2D eigenvalue weighted by molar-refractivity contribution is 7.90. The number of allylic oxidation sites excluding steroid dienone is 3. The number of alkyl halides is 3. The molecule has 0 amide bonds. The fraction of sp³-hybridized carbons (Fsp3) is 0.147. The summed E-state index contributed by atoms with van der Waals surface area (Å²) in [6, 6.07) is 26.1. The molecule has 10 heteroatoms. The first-order valence-corrected chi connectivity index (χ1v) is 15.2. The molecule has 5 aromatic rings. The number of carboxylic acids is 1. The van der Waals surface area contributed by atoms with E-state index in [1.807, 2.05) is 48.5 Å². The van der Waals surface area contributed by atoms with Gasteiger partial charge in [0.15, 0.2) is 0 Å². The van der Waals surface area contributed by atoms with Crippen LogP contribution in [0.2, 0.25) is 0 Å². The summed E-state index contributed by atoms with van der Waals surface area (Å²) in [7, 11) is -4.64. The van der Waals surface area contributed by atoms with E-state index in [0.717, 1.165) is 33.0 Å². The minimum absolute atomic E-state index is 0.00190. The number of hydrogen-bond donors (Lipinski definition) is 1. The summed E-state index contributed by atoms with van der Waals surface area (Å²) in [5.41, 5.74) is 1.85. The first-order valence-electron chi connectivity index (χ1n) is 13.7. The van der Waals surface area contributed by atoms with Gasteiger partial charge in [0.2, 0.25) is 10.0 Å². The zero-order chi connectivity index (χ0) is 31.1. The van der Waals surface area contributed by atoms with Crippen molar-refractivity contribution in [3.8, 4) is 0 Å². The molecular formula is C34H26F3NO5S. The van der Waals surface area contributed by atoms with Gasteiger partial charge in [-0.3, -0.25) is 4.79 Å². The van der Waals surface area contributed by atoms with E-state index in [9.17, 15) is 31.5 Å². The zero-order valence-corrected chi connectivity index (χ0v) is 24.0. The lowest BCUT2D eigenvalue weighted by Crippen LogP contribution is -2.47. The summed E-state index contributed by atoms with van der Waals surface area (Å²) < 4.78 is 75.3. The number of para-hydroxylation sites is 2. The highest BCUT2D eigenvalue weighted by Crippen LogP contribution is 2.47. The van der Waals surface area contributed by atoms with Gasteiger partial charge >= 0.3 is 12.1 Å². The second-order valence-electron chi connectivity index (χ2n) is 10.6. The largest absolute Gasteiger partial charge is 0.480 e. The van der Waals surface area contributed by atoms with Gasteiger partial charge < -0.3 is 9.52 Å². The molecular weight excluding hydrogens is 591 g/mol. The van der Waals surface area contributed by atoms with Crippen LogP contribution in [0.15, 0.2) is 120 Å². The number of sulfonamides is 1. The van der Waals surface area contributed by atoms with Crippen LogP contribution in [0, 0.1) is 0 Å². The summed E-state index contributed by atoms with van der Waals surface area (Å²) in [5, 5.41) is 11.2. The van der Waals surface area contributed by atoms with Crippen molar-refractivity contribution in [1.29, 1.82) is 0 Å². The first kappa shape index (κ1) is 29.4. The Balaban J connectivity index is 1.54. The van der Waals surface area contributed by atoms with Gasteiger partial charge in [0.05, 0.1) is 5.56 Å². The monoisotopic (exact) mass is 617 g/mol. The second-order valence-corrected chi connectivity index (χ2v) is 12.8. The quantitative estimate of drug-likeness (QED) is 0.192. The Kier molecular flexibility index (Phi) is 7.43. The molecule has 1 unspecified atom stereocenters. The molecule has 0 aliphatic heterocycles. The SMILES string of the molecule is O=C(O)CN(Cc1cccc(C(F)(F)F)c1)S(=O)(=O)C1(c2cccc3c2oc2ccccc23)C=CC(c2ccccc2)=CC1. The van der Waals surface area contributed by atoms with Crippen molar-refractivity contribution in [3.63, 3.8) is 0 Å². The number of fused-ring (bicyclic) bond motifs is 3. The fourth-order valence-electron chi connectivity index (χ4n) is 5.73. The molecule has 1 N–H and O–H groups in total. The Labute approximate surface area is 251 Å². The number of hydrogen-bond acceptors (Lipinski definition) is 4. The van der Waals surface area contributed by atoms with Gasteiger partial charge in [-0.2, -0.15) is 17.5 Å². The number of aliphatic carboxylic acids is 1. The predicted molar refractivity (Wildman–Crippen MR) is 162 cm³/mol. The first-order chi connectivity index (χ1) is 21.0. The highest BCUT2D eigenvalue weighted by atomic mass is 32.2. The fourth-order valence-corrected chi connectivity index (χ4v) is 7.77. The van der Waals surface area contributed by atoms with E-state index in [4.69, 9.17) is 4.42 Å². The van der Waals surface area contributed by atoms with Crippen molar-refractivity contribution in [2.45, 2.75) is 23.9 Å². The smallest absolute Gasteiger partial charge is 0.416 e. The van der Waals surface area contributed by atoms with Crippen molar-refractivity contribution in [2.24, 2.45) is 0 Å². The molecule has 0 radical (unpaired) electrons. The van der Waals surface area contributed by atoms with E-state index in [-0.39, 0.29) is 12.0 Å². The molecule has 0 saturated heterocycles. The molecule has 1 aromatic heterocycles. The van der Waals surface area contributed by atoms with Crippen molar-refractivity contribution in [1.82, 2.24) is 4.31 Å².